The number of para-hydroxylation sites is 1. The van der Waals surface area contributed by atoms with Crippen molar-refractivity contribution in [2.24, 2.45) is 0 Å². The molecule has 0 fully saturated rings. The number of aromatic nitrogens is 2. The number of halogens is 1. The second-order valence-electron chi connectivity index (χ2n) is 3.79. The van der Waals surface area contributed by atoms with Gasteiger partial charge in [0.1, 0.15) is 0 Å². The molecule has 1 aromatic carbocycles. The molecule has 2 aromatic rings. The van der Waals surface area contributed by atoms with Crippen molar-refractivity contribution in [3.05, 3.63) is 51.2 Å². The molecule has 2 N–H and O–H groups in total. The molecule has 0 bridgehead atoms. The normalized spacial score (nSPS) is 10.5. The molecule has 0 amide bonds. The number of aromatic amines is 2. The number of aryl methyl sites for hydroxylation is 1. The van der Waals surface area contributed by atoms with E-state index < -0.39 is 5.82 Å². The van der Waals surface area contributed by atoms with Crippen LogP contribution in [-0.2, 0) is 6.42 Å². The molecular formula is C12H13FN2O2. The summed E-state index contributed by atoms with van der Waals surface area (Å²) in [6, 6.07) is 4.67. The number of hydrogen-bond acceptors (Lipinski definition) is 2. The van der Waals surface area contributed by atoms with Gasteiger partial charge in [-0.2, -0.15) is 0 Å². The first-order valence-electron chi connectivity index (χ1n) is 5.21. The Morgan fingerprint density at radius 2 is 2.12 bits per heavy atom. The maximum absolute atomic E-state index is 13.5. The van der Waals surface area contributed by atoms with Crippen molar-refractivity contribution in [3.63, 3.8) is 0 Å². The van der Waals surface area contributed by atoms with E-state index in [1.54, 1.807) is 19.1 Å². The lowest BCUT2D eigenvalue weighted by Gasteiger charge is -2.08. The minimum absolute atomic E-state index is 0.186. The molecule has 0 aliphatic heterocycles. The van der Waals surface area contributed by atoms with E-state index in [2.05, 4.69) is 10.2 Å². The summed E-state index contributed by atoms with van der Waals surface area (Å²) < 4.78 is 18.5. The van der Waals surface area contributed by atoms with Gasteiger partial charge in [0.15, 0.2) is 11.6 Å². The molecule has 90 valence electrons. The van der Waals surface area contributed by atoms with E-state index >= 15 is 0 Å². The highest BCUT2D eigenvalue weighted by atomic mass is 19.1. The molecule has 17 heavy (non-hydrogen) atoms. The first-order valence-corrected chi connectivity index (χ1v) is 5.21. The molecule has 0 atom stereocenters. The number of nitrogens with one attached hydrogen (secondary N) is 2. The van der Waals surface area contributed by atoms with Crippen molar-refractivity contribution >= 4 is 0 Å². The van der Waals surface area contributed by atoms with Crippen LogP contribution in [0.1, 0.15) is 16.8 Å². The minimum Gasteiger partial charge on any atom is -0.493 e. The molecule has 1 aromatic heterocycles. The zero-order valence-corrected chi connectivity index (χ0v) is 9.63. The van der Waals surface area contributed by atoms with Crippen molar-refractivity contribution in [3.8, 4) is 5.75 Å². The van der Waals surface area contributed by atoms with Crippen LogP contribution in [0.4, 0.5) is 4.39 Å². The highest BCUT2D eigenvalue weighted by Gasteiger charge is 2.13. The standard InChI is InChI=1S/C12H13FN2O2/c1-7-9(12(16)15-14-7)6-8-4-3-5-10(13)11(8)17-2/h3-5H,6H2,1-2H3,(H2,14,15,16). The number of ether oxygens (including phenoxy) is 1. The van der Waals surface area contributed by atoms with Crippen molar-refractivity contribution in [2.75, 3.05) is 7.11 Å². The number of rotatable bonds is 3. The lowest BCUT2D eigenvalue weighted by molar-refractivity contribution is 0.382. The highest BCUT2D eigenvalue weighted by molar-refractivity contribution is 5.39. The number of benzene rings is 1. The molecule has 0 aliphatic carbocycles. The van der Waals surface area contributed by atoms with Crippen LogP contribution in [0, 0.1) is 12.7 Å². The average molecular weight is 236 g/mol. The number of methoxy groups -OCH3 is 1. The summed E-state index contributed by atoms with van der Waals surface area (Å²) in [6.07, 6.45) is 0.339. The smallest absolute Gasteiger partial charge is 0.267 e. The Morgan fingerprint density at radius 1 is 1.35 bits per heavy atom. The Hall–Kier alpha value is -2.04. The summed E-state index contributed by atoms with van der Waals surface area (Å²) in [5.41, 5.74) is 1.81. The first-order chi connectivity index (χ1) is 8.13. The fraction of sp³-hybridized carbons (Fsp3) is 0.250. The van der Waals surface area contributed by atoms with Gasteiger partial charge in [0.05, 0.1) is 7.11 Å². The molecule has 0 saturated heterocycles. The maximum Gasteiger partial charge on any atom is 0.267 e. The molecule has 5 heteroatoms. The predicted molar refractivity (Wildman–Crippen MR) is 61.9 cm³/mol. The Balaban J connectivity index is 2.43. The maximum atomic E-state index is 13.5. The summed E-state index contributed by atoms with van der Waals surface area (Å²) in [5.74, 6) is -0.234. The number of H-pyrrole nitrogens is 2. The van der Waals surface area contributed by atoms with Gasteiger partial charge in [-0.15, -0.1) is 0 Å². The minimum atomic E-state index is -0.422. The predicted octanol–water partition coefficient (Wildman–Crippen LogP) is 1.75. The molecule has 0 spiro atoms. The van der Waals surface area contributed by atoms with Crippen molar-refractivity contribution in [2.45, 2.75) is 13.3 Å². The second kappa shape index (κ2) is 4.45. The molecule has 0 saturated carbocycles. The van der Waals surface area contributed by atoms with Crippen molar-refractivity contribution in [1.29, 1.82) is 0 Å². The molecule has 4 nitrogen and oxygen atoms in total. The van der Waals surface area contributed by atoms with E-state index in [-0.39, 0.29) is 11.3 Å². The lowest BCUT2D eigenvalue weighted by atomic mass is 10.0. The third-order valence-corrected chi connectivity index (χ3v) is 2.71. The lowest BCUT2D eigenvalue weighted by Crippen LogP contribution is -2.08. The largest absolute Gasteiger partial charge is 0.493 e. The van der Waals surface area contributed by atoms with Crippen LogP contribution in [0.2, 0.25) is 0 Å². The van der Waals surface area contributed by atoms with E-state index in [0.717, 1.165) is 5.69 Å². The molecule has 1 heterocycles. The Labute approximate surface area is 97.4 Å². The molecule has 0 radical (unpaired) electrons. The van der Waals surface area contributed by atoms with Crippen LogP contribution >= 0.6 is 0 Å². The Morgan fingerprint density at radius 3 is 2.71 bits per heavy atom. The molecule has 0 unspecified atom stereocenters. The quantitative estimate of drug-likeness (QED) is 0.853. The van der Waals surface area contributed by atoms with Crippen LogP contribution < -0.4 is 10.3 Å². The van der Waals surface area contributed by atoms with Crippen LogP contribution in [0.3, 0.4) is 0 Å². The molecular weight excluding hydrogens is 223 g/mol. The van der Waals surface area contributed by atoms with E-state index in [1.165, 1.54) is 13.2 Å². The zero-order chi connectivity index (χ0) is 12.4. The van der Waals surface area contributed by atoms with E-state index in [4.69, 9.17) is 4.74 Å². The fourth-order valence-electron chi connectivity index (χ4n) is 1.80. The zero-order valence-electron chi connectivity index (χ0n) is 9.63. The molecule has 0 aliphatic rings. The van der Waals surface area contributed by atoms with Crippen LogP contribution in [0.15, 0.2) is 23.0 Å². The van der Waals surface area contributed by atoms with Gasteiger partial charge in [-0.05, 0) is 13.0 Å². The van der Waals surface area contributed by atoms with Crippen LogP contribution in [0.5, 0.6) is 5.75 Å². The SMILES string of the molecule is COc1c(F)cccc1Cc1c(C)[nH][nH]c1=O. The van der Waals surface area contributed by atoms with Gasteiger partial charge in [-0.25, -0.2) is 4.39 Å². The monoisotopic (exact) mass is 236 g/mol. The summed E-state index contributed by atoms with van der Waals surface area (Å²) in [7, 11) is 1.41. The van der Waals surface area contributed by atoms with Crippen LogP contribution in [0.25, 0.3) is 0 Å². The van der Waals surface area contributed by atoms with Gasteiger partial charge in [-0.3, -0.25) is 9.89 Å². The van der Waals surface area contributed by atoms with Gasteiger partial charge in [0, 0.05) is 23.2 Å². The third kappa shape index (κ3) is 2.08. The average Bonchev–Trinajstić information content (AvgIpc) is 2.61. The first kappa shape index (κ1) is 11.4. The van der Waals surface area contributed by atoms with Gasteiger partial charge in [-0.1, -0.05) is 12.1 Å². The summed E-state index contributed by atoms with van der Waals surface area (Å²) in [6.45, 7) is 1.79. The Kier molecular flexibility index (Phi) is 2.99. The fourth-order valence-corrected chi connectivity index (χ4v) is 1.80. The van der Waals surface area contributed by atoms with Crippen molar-refractivity contribution in [1.82, 2.24) is 10.2 Å². The van der Waals surface area contributed by atoms with Gasteiger partial charge in [0.25, 0.3) is 5.56 Å². The topological polar surface area (TPSA) is 57.9 Å². The van der Waals surface area contributed by atoms with E-state index in [1.807, 2.05) is 0 Å². The summed E-state index contributed by atoms with van der Waals surface area (Å²) in [4.78, 5) is 11.5. The summed E-state index contributed by atoms with van der Waals surface area (Å²) in [5, 5.41) is 5.23. The van der Waals surface area contributed by atoms with Crippen LogP contribution in [-0.4, -0.2) is 17.3 Å². The molecule has 2 rings (SSSR count). The van der Waals surface area contributed by atoms with Gasteiger partial charge >= 0.3 is 0 Å². The Bertz CT molecular complexity index is 586. The van der Waals surface area contributed by atoms with E-state index in [9.17, 15) is 9.18 Å². The van der Waals surface area contributed by atoms with E-state index in [0.29, 0.717) is 17.5 Å². The third-order valence-electron chi connectivity index (χ3n) is 2.71. The van der Waals surface area contributed by atoms with Gasteiger partial charge in [0.2, 0.25) is 0 Å². The number of hydrogen-bond donors (Lipinski definition) is 2. The van der Waals surface area contributed by atoms with Gasteiger partial charge < -0.3 is 9.84 Å². The van der Waals surface area contributed by atoms with Crippen molar-refractivity contribution < 1.29 is 9.13 Å². The highest BCUT2D eigenvalue weighted by Crippen LogP contribution is 2.24. The summed E-state index contributed by atoms with van der Waals surface area (Å²) >= 11 is 0. The second-order valence-corrected chi connectivity index (χ2v) is 3.79.